The van der Waals surface area contributed by atoms with Gasteiger partial charge in [0.2, 0.25) is 0 Å². The summed E-state index contributed by atoms with van der Waals surface area (Å²) < 4.78 is 0. The lowest BCUT2D eigenvalue weighted by atomic mass is 9.72. The third-order valence-electron chi connectivity index (χ3n) is 4.44. The van der Waals surface area contributed by atoms with Crippen LogP contribution in [0.15, 0.2) is 47.1 Å². The number of aliphatic hydroxyl groups excluding tert-OH is 1. The molecule has 1 heteroatoms. The minimum absolute atomic E-state index is 0.261. The average molecular weight is 288 g/mol. The highest BCUT2D eigenvalue weighted by Crippen LogP contribution is 2.40. The lowest BCUT2D eigenvalue weighted by molar-refractivity contribution is 0.274. The van der Waals surface area contributed by atoms with Gasteiger partial charge in [0.15, 0.2) is 0 Å². The van der Waals surface area contributed by atoms with Gasteiger partial charge in [-0.15, -0.1) is 0 Å². The van der Waals surface area contributed by atoms with Gasteiger partial charge >= 0.3 is 0 Å². The van der Waals surface area contributed by atoms with Crippen LogP contribution in [0, 0.1) is 11.3 Å². The maximum Gasteiger partial charge on any atom is 0.0436 e. The molecule has 0 saturated carbocycles. The molecule has 0 bridgehead atoms. The highest BCUT2D eigenvalue weighted by Gasteiger charge is 2.26. The zero-order valence-electron chi connectivity index (χ0n) is 14.4. The number of aliphatic hydroxyl groups is 1. The van der Waals surface area contributed by atoms with Crippen LogP contribution in [0.4, 0.5) is 0 Å². The largest absolute Gasteiger partial charge is 0.396 e. The van der Waals surface area contributed by atoms with E-state index in [4.69, 9.17) is 5.11 Å². The van der Waals surface area contributed by atoms with Gasteiger partial charge in [-0.2, -0.15) is 0 Å². The quantitative estimate of drug-likeness (QED) is 0.632. The first-order valence-corrected chi connectivity index (χ1v) is 8.21. The Bertz CT molecular complexity index is 446. The monoisotopic (exact) mass is 288 g/mol. The van der Waals surface area contributed by atoms with E-state index in [0.717, 1.165) is 6.42 Å². The average Bonchev–Trinajstić information content (AvgIpc) is 2.37. The predicted octanol–water partition coefficient (Wildman–Crippen LogP) is 5.59. The van der Waals surface area contributed by atoms with Crippen molar-refractivity contribution in [2.75, 3.05) is 6.61 Å². The van der Waals surface area contributed by atoms with E-state index in [1.807, 2.05) is 0 Å². The molecule has 118 valence electrons. The lowest BCUT2D eigenvalue weighted by Crippen LogP contribution is -2.19. The normalized spacial score (nSPS) is 21.5. The van der Waals surface area contributed by atoms with Gasteiger partial charge in [0.1, 0.15) is 0 Å². The second-order valence-electron chi connectivity index (χ2n) is 7.05. The summed E-state index contributed by atoms with van der Waals surface area (Å²) in [5.41, 5.74) is 4.63. The van der Waals surface area contributed by atoms with Crippen LogP contribution in [0.1, 0.15) is 60.3 Å². The maximum absolute atomic E-state index is 8.88. The second kappa shape index (κ2) is 8.38. The van der Waals surface area contributed by atoms with Gasteiger partial charge in [-0.1, -0.05) is 62.3 Å². The first kappa shape index (κ1) is 18.0. The first-order valence-electron chi connectivity index (χ1n) is 8.21. The maximum atomic E-state index is 8.88. The minimum Gasteiger partial charge on any atom is -0.396 e. The highest BCUT2D eigenvalue weighted by atomic mass is 16.3. The van der Waals surface area contributed by atoms with Crippen LogP contribution in [0.25, 0.3) is 0 Å². The molecule has 1 nitrogen and oxygen atoms in total. The summed E-state index contributed by atoms with van der Waals surface area (Å²) in [4.78, 5) is 0. The van der Waals surface area contributed by atoms with Gasteiger partial charge in [-0.05, 0) is 56.4 Å². The van der Waals surface area contributed by atoms with Crippen molar-refractivity contribution in [1.29, 1.82) is 0 Å². The van der Waals surface area contributed by atoms with Gasteiger partial charge in [0.05, 0.1) is 0 Å². The standard InChI is InChI=1S/C20H32O/c1-16(8-6-9-17(2)13-15-21)11-12-19-18(3)10-7-14-20(19,4)5/h6,8-9,11-12,17,21H,7,10,13-15H2,1-5H3/b9-6+,12-11+,16-8-. The summed E-state index contributed by atoms with van der Waals surface area (Å²) in [5.74, 6) is 0.435. The number of hydrogen-bond donors (Lipinski definition) is 1. The summed E-state index contributed by atoms with van der Waals surface area (Å²) in [7, 11) is 0. The Labute approximate surface area is 131 Å². The van der Waals surface area contributed by atoms with E-state index in [9.17, 15) is 0 Å². The number of allylic oxidation sites excluding steroid dienone is 8. The van der Waals surface area contributed by atoms with E-state index in [-0.39, 0.29) is 6.61 Å². The van der Waals surface area contributed by atoms with Gasteiger partial charge in [0, 0.05) is 6.61 Å². The molecule has 0 spiro atoms. The SMILES string of the molecule is CC1=C(/C=C/C(C)=C\C=C\C(C)CCO)C(C)(C)CCC1. The Balaban J connectivity index is 2.71. The second-order valence-corrected chi connectivity index (χ2v) is 7.05. The van der Waals surface area contributed by atoms with Crippen molar-refractivity contribution >= 4 is 0 Å². The zero-order chi connectivity index (χ0) is 15.9. The molecular formula is C20H32O. The van der Waals surface area contributed by atoms with Crippen LogP contribution >= 0.6 is 0 Å². The Hall–Kier alpha value is -1.08. The van der Waals surface area contributed by atoms with Crippen LogP contribution in [-0.2, 0) is 0 Å². The molecule has 0 aliphatic heterocycles. The molecule has 21 heavy (non-hydrogen) atoms. The van der Waals surface area contributed by atoms with Crippen LogP contribution in [0.2, 0.25) is 0 Å². The van der Waals surface area contributed by atoms with Gasteiger partial charge in [-0.25, -0.2) is 0 Å². The molecule has 0 amide bonds. The molecule has 0 aromatic carbocycles. The number of hydrogen-bond acceptors (Lipinski definition) is 1. The molecule has 0 saturated heterocycles. The summed E-state index contributed by atoms with van der Waals surface area (Å²) in [6.45, 7) is 11.5. The van der Waals surface area contributed by atoms with E-state index in [2.05, 4.69) is 65.0 Å². The van der Waals surface area contributed by atoms with E-state index < -0.39 is 0 Å². The van der Waals surface area contributed by atoms with E-state index in [0.29, 0.717) is 11.3 Å². The van der Waals surface area contributed by atoms with Crippen LogP contribution in [-0.4, -0.2) is 11.7 Å². The molecule has 0 aromatic rings. The Kier molecular flexibility index (Phi) is 7.17. The van der Waals surface area contributed by atoms with Crippen molar-refractivity contribution in [2.45, 2.75) is 60.3 Å². The van der Waals surface area contributed by atoms with E-state index >= 15 is 0 Å². The summed E-state index contributed by atoms with van der Waals surface area (Å²) in [6, 6.07) is 0. The molecule has 1 unspecified atom stereocenters. The molecule has 1 aliphatic carbocycles. The third-order valence-corrected chi connectivity index (χ3v) is 4.44. The lowest BCUT2D eigenvalue weighted by Gasteiger charge is -2.32. The molecule has 0 fully saturated rings. The van der Waals surface area contributed by atoms with Gasteiger partial charge < -0.3 is 5.11 Å². The zero-order valence-corrected chi connectivity index (χ0v) is 14.4. The van der Waals surface area contributed by atoms with Crippen molar-refractivity contribution in [2.24, 2.45) is 11.3 Å². The Morgan fingerprint density at radius 2 is 2.10 bits per heavy atom. The van der Waals surface area contributed by atoms with Gasteiger partial charge in [-0.3, -0.25) is 0 Å². The molecule has 1 aliphatic rings. The summed E-state index contributed by atoms with van der Waals surface area (Å²) in [5, 5.41) is 8.88. The van der Waals surface area contributed by atoms with Crippen molar-refractivity contribution in [3.05, 3.63) is 47.1 Å². The topological polar surface area (TPSA) is 20.2 Å². The fourth-order valence-corrected chi connectivity index (χ4v) is 2.98. The van der Waals surface area contributed by atoms with Crippen LogP contribution < -0.4 is 0 Å². The molecular weight excluding hydrogens is 256 g/mol. The molecule has 1 atom stereocenters. The molecule has 0 radical (unpaired) electrons. The fraction of sp³-hybridized carbons (Fsp3) is 0.600. The van der Waals surface area contributed by atoms with Gasteiger partial charge in [0.25, 0.3) is 0 Å². The van der Waals surface area contributed by atoms with Crippen molar-refractivity contribution in [1.82, 2.24) is 0 Å². The molecule has 0 heterocycles. The first-order chi connectivity index (χ1) is 9.86. The van der Waals surface area contributed by atoms with Crippen LogP contribution in [0.5, 0.6) is 0 Å². The van der Waals surface area contributed by atoms with Crippen molar-refractivity contribution in [3.63, 3.8) is 0 Å². The Morgan fingerprint density at radius 3 is 2.71 bits per heavy atom. The number of rotatable bonds is 6. The molecule has 1 rings (SSSR count). The van der Waals surface area contributed by atoms with Crippen LogP contribution in [0.3, 0.4) is 0 Å². The smallest absolute Gasteiger partial charge is 0.0436 e. The summed E-state index contributed by atoms with van der Waals surface area (Å²) in [6.07, 6.45) is 15.6. The Morgan fingerprint density at radius 1 is 1.38 bits per heavy atom. The van der Waals surface area contributed by atoms with Crippen molar-refractivity contribution < 1.29 is 5.11 Å². The fourth-order valence-electron chi connectivity index (χ4n) is 2.98. The van der Waals surface area contributed by atoms with E-state index in [1.165, 1.54) is 30.4 Å². The van der Waals surface area contributed by atoms with Crippen molar-refractivity contribution in [3.8, 4) is 0 Å². The third kappa shape index (κ3) is 6.05. The predicted molar refractivity (Wildman–Crippen MR) is 93.2 cm³/mol. The minimum atomic E-state index is 0.261. The summed E-state index contributed by atoms with van der Waals surface area (Å²) >= 11 is 0. The van der Waals surface area contributed by atoms with E-state index in [1.54, 1.807) is 5.57 Å². The highest BCUT2D eigenvalue weighted by molar-refractivity contribution is 5.36. The molecule has 1 N–H and O–H groups in total. The molecule has 0 aromatic heterocycles.